The smallest absolute Gasteiger partial charge is 0.466 e. The Labute approximate surface area is 219 Å². The lowest BCUT2D eigenvalue weighted by molar-refractivity contribution is -0.134. The van der Waals surface area contributed by atoms with E-state index in [1.54, 1.807) is 6.08 Å². The van der Waals surface area contributed by atoms with Crippen LogP contribution in [0.25, 0.3) is 0 Å². The Morgan fingerprint density at radius 2 is 1.65 bits per heavy atom. The largest absolute Gasteiger partial charge is 0.508 e. The molecule has 0 bridgehead atoms. The van der Waals surface area contributed by atoms with E-state index in [-0.39, 0.29) is 23.2 Å². The number of fused-ring (bicyclic) bond motifs is 5. The summed E-state index contributed by atoms with van der Waals surface area (Å²) >= 11 is 0. The lowest BCUT2D eigenvalue weighted by Crippen LogP contribution is -2.54. The molecule has 0 aromatic rings. The van der Waals surface area contributed by atoms with Crippen molar-refractivity contribution in [3.8, 4) is 0 Å². The van der Waals surface area contributed by atoms with Gasteiger partial charge in [0.2, 0.25) is 0 Å². The van der Waals surface area contributed by atoms with Gasteiger partial charge in [-0.05, 0) is 54.8 Å². The van der Waals surface area contributed by atoms with Gasteiger partial charge in [0.1, 0.15) is 12.2 Å². The predicted molar refractivity (Wildman–Crippen MR) is 135 cm³/mol. The Bertz CT molecular complexity index is 1010. The third kappa shape index (κ3) is 4.79. The second-order valence-electron chi connectivity index (χ2n) is 11.4. The molecule has 4 rings (SSSR count). The lowest BCUT2D eigenvalue weighted by atomic mass is 9.49. The molecule has 3 saturated carbocycles. The lowest BCUT2D eigenvalue weighted by Gasteiger charge is -2.57. The number of allylic oxidation sites excluding steroid dienone is 4. The summed E-state index contributed by atoms with van der Waals surface area (Å²) < 4.78 is 25.7. The number of carbonyl (C=O) groups is 3. The number of methoxy groups -OCH3 is 3. The fraction of sp³-hybridized carbons (Fsp3) is 0.690. The van der Waals surface area contributed by atoms with Crippen LogP contribution in [0.15, 0.2) is 35.5 Å². The Morgan fingerprint density at radius 1 is 0.946 bits per heavy atom. The van der Waals surface area contributed by atoms with Gasteiger partial charge in [-0.3, -0.25) is 0 Å². The third-order valence-electron chi connectivity index (χ3n) is 9.88. The minimum absolute atomic E-state index is 0.119. The molecule has 4 aliphatic rings. The fourth-order valence-electron chi connectivity index (χ4n) is 7.95. The fourth-order valence-corrected chi connectivity index (χ4v) is 7.95. The van der Waals surface area contributed by atoms with Crippen molar-refractivity contribution in [2.45, 2.75) is 71.5 Å². The Kier molecular flexibility index (Phi) is 7.77. The molecule has 0 aromatic carbocycles. The average Bonchev–Trinajstić information content (AvgIpc) is 3.24. The van der Waals surface area contributed by atoms with Crippen LogP contribution in [-0.2, 0) is 28.5 Å². The van der Waals surface area contributed by atoms with Gasteiger partial charge in [-0.25, -0.2) is 14.4 Å². The van der Waals surface area contributed by atoms with Crippen molar-refractivity contribution in [1.82, 2.24) is 0 Å². The minimum Gasteiger partial charge on any atom is -0.466 e. The van der Waals surface area contributed by atoms with E-state index < -0.39 is 29.9 Å². The number of hydrogen-bond acceptors (Lipinski definition) is 8. The summed E-state index contributed by atoms with van der Waals surface area (Å²) in [7, 11) is 3.99. The van der Waals surface area contributed by atoms with Crippen molar-refractivity contribution < 1.29 is 38.1 Å². The van der Waals surface area contributed by atoms with Crippen molar-refractivity contribution in [2.24, 2.45) is 34.5 Å². The topological polar surface area (TPSA) is 97.4 Å². The zero-order valence-electron chi connectivity index (χ0n) is 22.8. The molecule has 8 heteroatoms. The molecule has 0 spiro atoms. The normalized spacial score (nSPS) is 37.2. The second-order valence-corrected chi connectivity index (χ2v) is 11.4. The Morgan fingerprint density at radius 3 is 2.32 bits per heavy atom. The first kappa shape index (κ1) is 27.3. The zero-order chi connectivity index (χ0) is 27.0. The molecule has 8 atom stereocenters. The number of esters is 1. The molecule has 0 N–H and O–H groups in total. The summed E-state index contributed by atoms with van der Waals surface area (Å²) in [5.41, 5.74) is 2.26. The molecule has 204 valence electrons. The minimum atomic E-state index is -0.737. The van der Waals surface area contributed by atoms with E-state index in [2.05, 4.69) is 32.9 Å². The second kappa shape index (κ2) is 10.5. The van der Waals surface area contributed by atoms with Crippen LogP contribution in [0, 0.1) is 34.5 Å². The first-order chi connectivity index (χ1) is 17.6. The van der Waals surface area contributed by atoms with E-state index in [1.807, 2.05) is 6.08 Å². The van der Waals surface area contributed by atoms with E-state index in [4.69, 9.17) is 23.7 Å². The highest BCUT2D eigenvalue weighted by Crippen LogP contribution is 2.66. The van der Waals surface area contributed by atoms with Crippen molar-refractivity contribution in [3.05, 3.63) is 35.5 Å². The third-order valence-corrected chi connectivity index (χ3v) is 9.88. The standard InChI is InChI=1S/C29H40O8/c1-17(7-12-25(30)33-4)21-10-11-22-20-9-8-18-15-19(36-26(31)34-5)16-24(37-27(32)35-6)29(18,3)23(20)13-14-28(21,22)2/h7-9,12,17,19,21-24H,10-11,13-16H2,1-6H3/b12-7-/t17-,19-,21-,22+,23+,24+,28-,29+/m1/s1. The van der Waals surface area contributed by atoms with Crippen LogP contribution < -0.4 is 0 Å². The van der Waals surface area contributed by atoms with Gasteiger partial charge in [-0.1, -0.05) is 50.1 Å². The highest BCUT2D eigenvalue weighted by Gasteiger charge is 2.60. The van der Waals surface area contributed by atoms with Gasteiger partial charge < -0.3 is 23.7 Å². The van der Waals surface area contributed by atoms with Gasteiger partial charge in [0.15, 0.2) is 0 Å². The Balaban J connectivity index is 1.64. The molecule has 0 radical (unpaired) electrons. The molecule has 37 heavy (non-hydrogen) atoms. The van der Waals surface area contributed by atoms with E-state index in [9.17, 15) is 14.4 Å². The van der Waals surface area contributed by atoms with Gasteiger partial charge in [-0.15, -0.1) is 0 Å². The monoisotopic (exact) mass is 516 g/mol. The van der Waals surface area contributed by atoms with Crippen LogP contribution >= 0.6 is 0 Å². The Hall–Kier alpha value is -2.77. The summed E-state index contributed by atoms with van der Waals surface area (Å²) in [5, 5.41) is 0. The highest BCUT2D eigenvalue weighted by atomic mass is 16.7. The van der Waals surface area contributed by atoms with Gasteiger partial charge in [0.25, 0.3) is 0 Å². The van der Waals surface area contributed by atoms with Crippen LogP contribution in [0.4, 0.5) is 9.59 Å². The maximum atomic E-state index is 12.3. The maximum Gasteiger partial charge on any atom is 0.508 e. The molecule has 0 unspecified atom stereocenters. The predicted octanol–water partition coefficient (Wildman–Crippen LogP) is 5.76. The summed E-state index contributed by atoms with van der Waals surface area (Å²) in [6.45, 7) is 6.79. The van der Waals surface area contributed by atoms with Crippen LogP contribution in [0.3, 0.4) is 0 Å². The molecule has 0 aliphatic heterocycles. The molecular weight excluding hydrogens is 476 g/mol. The van der Waals surface area contributed by atoms with Crippen LogP contribution in [0.1, 0.15) is 59.3 Å². The molecular formula is C29H40O8. The molecule has 0 aromatic heterocycles. The summed E-state index contributed by atoms with van der Waals surface area (Å²) in [4.78, 5) is 35.8. The molecule has 3 fully saturated rings. The SMILES string of the molecule is COC(=O)/C=C\[C@@H](C)[C@H]1CC[C@H]2C3=CC=C4C[C@@H](OC(=O)OC)C[C@H](OC(=O)OC)[C@]4(C)[C@H]3CC[C@]12C. The molecule has 0 saturated heterocycles. The van der Waals surface area contributed by atoms with Gasteiger partial charge in [0.05, 0.1) is 21.3 Å². The van der Waals surface area contributed by atoms with E-state index >= 15 is 0 Å². The summed E-state index contributed by atoms with van der Waals surface area (Å²) in [6.07, 6.45) is 10.8. The number of hydrogen-bond donors (Lipinski definition) is 0. The van der Waals surface area contributed by atoms with Gasteiger partial charge in [-0.2, -0.15) is 0 Å². The first-order valence-corrected chi connectivity index (χ1v) is 13.2. The van der Waals surface area contributed by atoms with E-state index in [1.165, 1.54) is 26.9 Å². The number of carbonyl (C=O) groups excluding carboxylic acids is 3. The molecule has 8 nitrogen and oxygen atoms in total. The van der Waals surface area contributed by atoms with Crippen LogP contribution in [0.5, 0.6) is 0 Å². The van der Waals surface area contributed by atoms with Crippen molar-refractivity contribution in [1.29, 1.82) is 0 Å². The quantitative estimate of drug-likeness (QED) is 0.258. The number of ether oxygens (including phenoxy) is 5. The van der Waals surface area contributed by atoms with Gasteiger partial charge in [0, 0.05) is 24.3 Å². The highest BCUT2D eigenvalue weighted by molar-refractivity contribution is 5.81. The summed E-state index contributed by atoms with van der Waals surface area (Å²) in [5.74, 6) is 1.04. The van der Waals surface area contributed by atoms with Crippen molar-refractivity contribution in [2.75, 3.05) is 21.3 Å². The van der Waals surface area contributed by atoms with Crippen LogP contribution in [0.2, 0.25) is 0 Å². The molecule has 4 aliphatic carbocycles. The first-order valence-electron chi connectivity index (χ1n) is 13.2. The summed E-state index contributed by atoms with van der Waals surface area (Å²) in [6, 6.07) is 0. The van der Waals surface area contributed by atoms with E-state index in [0.717, 1.165) is 31.3 Å². The van der Waals surface area contributed by atoms with Crippen molar-refractivity contribution >= 4 is 18.3 Å². The van der Waals surface area contributed by atoms with Crippen LogP contribution in [-0.4, -0.2) is 51.8 Å². The molecule has 0 heterocycles. The van der Waals surface area contributed by atoms with Crippen molar-refractivity contribution in [3.63, 3.8) is 0 Å². The maximum absolute atomic E-state index is 12.3. The zero-order valence-corrected chi connectivity index (χ0v) is 22.8. The van der Waals surface area contributed by atoms with Gasteiger partial charge >= 0.3 is 18.3 Å². The molecule has 0 amide bonds. The number of rotatable bonds is 5. The average molecular weight is 517 g/mol. The van der Waals surface area contributed by atoms with E-state index in [0.29, 0.717) is 24.7 Å².